The van der Waals surface area contributed by atoms with Crippen molar-refractivity contribution >= 4 is 12.0 Å². The molecule has 3 heteroatoms. The van der Waals surface area contributed by atoms with Gasteiger partial charge >= 0.3 is 5.97 Å². The lowest BCUT2D eigenvalue weighted by Crippen LogP contribution is -2.10. The second-order valence-electron chi connectivity index (χ2n) is 4.58. The van der Waals surface area contributed by atoms with E-state index < -0.39 is 0 Å². The van der Waals surface area contributed by atoms with Gasteiger partial charge in [0.25, 0.3) is 0 Å². The molecule has 0 fully saturated rings. The number of aryl methyl sites for hydroxylation is 1. The van der Waals surface area contributed by atoms with Crippen molar-refractivity contribution in [2.45, 2.75) is 6.92 Å². The van der Waals surface area contributed by atoms with E-state index in [0.29, 0.717) is 6.61 Å². The van der Waals surface area contributed by atoms with Crippen molar-refractivity contribution in [1.29, 1.82) is 0 Å². The third kappa shape index (κ3) is 5.53. The first-order valence-electron chi connectivity index (χ1n) is 6.83. The minimum Gasteiger partial charge on any atom is -0.490 e. The van der Waals surface area contributed by atoms with E-state index >= 15 is 0 Å². The van der Waals surface area contributed by atoms with Gasteiger partial charge in [0.05, 0.1) is 0 Å². The van der Waals surface area contributed by atoms with Gasteiger partial charge in [0, 0.05) is 6.08 Å². The highest BCUT2D eigenvalue weighted by Crippen LogP contribution is 2.11. The maximum atomic E-state index is 11.5. The number of ether oxygens (including phenoxy) is 2. The molecule has 0 radical (unpaired) electrons. The lowest BCUT2D eigenvalue weighted by Gasteiger charge is -2.06. The van der Waals surface area contributed by atoms with Crippen LogP contribution in [0.1, 0.15) is 11.1 Å². The second-order valence-corrected chi connectivity index (χ2v) is 4.58. The standard InChI is InChI=1S/C18H18O3/c1-15-6-5-9-17(14-15)20-12-13-21-18(19)11-10-16-7-3-2-4-8-16/h2-11,14H,12-13H2,1H3/b11-10-. The maximum absolute atomic E-state index is 11.5. The van der Waals surface area contributed by atoms with Crippen LogP contribution in [0.25, 0.3) is 6.08 Å². The number of carbonyl (C=O) groups is 1. The fourth-order valence-corrected chi connectivity index (χ4v) is 1.78. The summed E-state index contributed by atoms with van der Waals surface area (Å²) in [5, 5.41) is 0. The average molecular weight is 282 g/mol. The molecule has 0 spiro atoms. The van der Waals surface area contributed by atoms with Crippen LogP contribution in [0.15, 0.2) is 60.7 Å². The van der Waals surface area contributed by atoms with Gasteiger partial charge in [0.2, 0.25) is 0 Å². The Hall–Kier alpha value is -2.55. The van der Waals surface area contributed by atoms with Gasteiger partial charge in [-0.05, 0) is 36.3 Å². The van der Waals surface area contributed by atoms with Crippen LogP contribution in [0.3, 0.4) is 0 Å². The zero-order valence-corrected chi connectivity index (χ0v) is 12.0. The minimum absolute atomic E-state index is 0.228. The van der Waals surface area contributed by atoms with Crippen molar-refractivity contribution in [2.75, 3.05) is 13.2 Å². The summed E-state index contributed by atoms with van der Waals surface area (Å²) in [7, 11) is 0. The van der Waals surface area contributed by atoms with Gasteiger partial charge in [0.15, 0.2) is 0 Å². The highest BCUT2D eigenvalue weighted by Gasteiger charge is 1.98. The van der Waals surface area contributed by atoms with E-state index in [2.05, 4.69) is 0 Å². The molecule has 2 rings (SSSR count). The number of benzene rings is 2. The highest BCUT2D eigenvalue weighted by molar-refractivity contribution is 5.86. The van der Waals surface area contributed by atoms with Gasteiger partial charge in [0.1, 0.15) is 19.0 Å². The molecule has 0 saturated carbocycles. The third-order valence-electron chi connectivity index (χ3n) is 2.80. The minimum atomic E-state index is -0.369. The third-order valence-corrected chi connectivity index (χ3v) is 2.80. The number of esters is 1. The summed E-state index contributed by atoms with van der Waals surface area (Å²) in [6.07, 6.45) is 3.14. The molecular formula is C18H18O3. The van der Waals surface area contributed by atoms with Crippen molar-refractivity contribution in [3.05, 3.63) is 71.8 Å². The Labute approximate surface area is 124 Å². The molecule has 0 aliphatic rings. The first-order valence-corrected chi connectivity index (χ1v) is 6.83. The number of hydrogen-bond acceptors (Lipinski definition) is 3. The molecule has 21 heavy (non-hydrogen) atoms. The Morgan fingerprint density at radius 2 is 1.86 bits per heavy atom. The second kappa shape index (κ2) is 7.90. The lowest BCUT2D eigenvalue weighted by molar-refractivity contribution is -0.138. The van der Waals surface area contributed by atoms with Crippen LogP contribution < -0.4 is 4.74 Å². The van der Waals surface area contributed by atoms with Crippen LogP contribution in [-0.4, -0.2) is 19.2 Å². The molecule has 0 aromatic heterocycles. The quantitative estimate of drug-likeness (QED) is 0.461. The molecule has 0 unspecified atom stereocenters. The molecule has 108 valence electrons. The van der Waals surface area contributed by atoms with E-state index in [0.717, 1.165) is 16.9 Å². The van der Waals surface area contributed by atoms with E-state index in [1.807, 2.05) is 61.5 Å². The molecule has 2 aromatic rings. The van der Waals surface area contributed by atoms with E-state index in [-0.39, 0.29) is 12.6 Å². The van der Waals surface area contributed by atoms with Crippen LogP contribution in [0, 0.1) is 6.92 Å². The Kier molecular flexibility index (Phi) is 5.59. The molecule has 2 aromatic carbocycles. The molecule has 0 amide bonds. The van der Waals surface area contributed by atoms with Gasteiger partial charge in [-0.15, -0.1) is 0 Å². The van der Waals surface area contributed by atoms with Crippen molar-refractivity contribution in [2.24, 2.45) is 0 Å². The van der Waals surface area contributed by atoms with Crippen molar-refractivity contribution in [3.8, 4) is 5.75 Å². The Morgan fingerprint density at radius 1 is 1.05 bits per heavy atom. The fourth-order valence-electron chi connectivity index (χ4n) is 1.78. The predicted molar refractivity (Wildman–Crippen MR) is 83.1 cm³/mol. The average Bonchev–Trinajstić information content (AvgIpc) is 2.51. The molecule has 0 N–H and O–H groups in total. The Bertz CT molecular complexity index is 603. The first-order chi connectivity index (χ1) is 10.2. The van der Waals surface area contributed by atoms with Crippen LogP contribution >= 0.6 is 0 Å². The van der Waals surface area contributed by atoms with Gasteiger partial charge in [-0.1, -0.05) is 42.5 Å². The molecule has 0 saturated heterocycles. The van der Waals surface area contributed by atoms with Crippen LogP contribution in [0.2, 0.25) is 0 Å². The molecule has 0 atom stereocenters. The lowest BCUT2D eigenvalue weighted by atomic mass is 10.2. The van der Waals surface area contributed by atoms with Gasteiger partial charge < -0.3 is 9.47 Å². The van der Waals surface area contributed by atoms with Gasteiger partial charge in [-0.2, -0.15) is 0 Å². The summed E-state index contributed by atoms with van der Waals surface area (Å²) < 4.78 is 10.6. The van der Waals surface area contributed by atoms with E-state index in [1.165, 1.54) is 6.08 Å². The van der Waals surface area contributed by atoms with Crippen LogP contribution in [0.5, 0.6) is 5.75 Å². The first kappa shape index (κ1) is 14.9. The highest BCUT2D eigenvalue weighted by atomic mass is 16.6. The summed E-state index contributed by atoms with van der Waals surface area (Å²) in [5.74, 6) is 0.414. The molecular weight excluding hydrogens is 264 g/mol. The molecule has 0 aliphatic heterocycles. The fraction of sp³-hybridized carbons (Fsp3) is 0.167. The van der Waals surface area contributed by atoms with Gasteiger partial charge in [-0.25, -0.2) is 4.79 Å². The van der Waals surface area contributed by atoms with Crippen molar-refractivity contribution in [1.82, 2.24) is 0 Å². The number of hydrogen-bond donors (Lipinski definition) is 0. The monoisotopic (exact) mass is 282 g/mol. The SMILES string of the molecule is Cc1cccc(OCCOC(=O)/C=C\c2ccccc2)c1. The van der Waals surface area contributed by atoms with Crippen molar-refractivity contribution < 1.29 is 14.3 Å². The summed E-state index contributed by atoms with van der Waals surface area (Å²) in [5.41, 5.74) is 2.10. The zero-order valence-electron chi connectivity index (χ0n) is 12.0. The summed E-state index contributed by atoms with van der Waals surface area (Å²) in [6, 6.07) is 17.4. The number of carbonyl (C=O) groups excluding carboxylic acids is 1. The van der Waals surface area contributed by atoms with E-state index in [4.69, 9.17) is 9.47 Å². The van der Waals surface area contributed by atoms with Gasteiger partial charge in [-0.3, -0.25) is 0 Å². The molecule has 0 aliphatic carbocycles. The van der Waals surface area contributed by atoms with Crippen molar-refractivity contribution in [3.63, 3.8) is 0 Å². The Balaban J connectivity index is 1.69. The van der Waals surface area contributed by atoms with Crippen LogP contribution in [-0.2, 0) is 9.53 Å². The maximum Gasteiger partial charge on any atom is 0.330 e. The topological polar surface area (TPSA) is 35.5 Å². The summed E-state index contributed by atoms with van der Waals surface area (Å²) in [4.78, 5) is 11.5. The van der Waals surface area contributed by atoms with E-state index in [9.17, 15) is 4.79 Å². The Morgan fingerprint density at radius 3 is 2.62 bits per heavy atom. The van der Waals surface area contributed by atoms with E-state index in [1.54, 1.807) is 6.08 Å². The largest absolute Gasteiger partial charge is 0.490 e. The predicted octanol–water partition coefficient (Wildman–Crippen LogP) is 3.63. The molecule has 0 heterocycles. The smallest absolute Gasteiger partial charge is 0.330 e. The zero-order chi connectivity index (χ0) is 14.9. The van der Waals surface area contributed by atoms with Crippen LogP contribution in [0.4, 0.5) is 0 Å². The summed E-state index contributed by atoms with van der Waals surface area (Å²) >= 11 is 0. The number of rotatable bonds is 6. The molecule has 0 bridgehead atoms. The summed E-state index contributed by atoms with van der Waals surface area (Å²) in [6.45, 7) is 2.57. The normalized spacial score (nSPS) is 10.5. The molecule has 3 nitrogen and oxygen atoms in total.